The third kappa shape index (κ3) is 3.90. The normalized spacial score (nSPS) is 13.9. The maximum atomic E-state index is 12.9. The molecule has 1 saturated carbocycles. The van der Waals surface area contributed by atoms with E-state index < -0.39 is 11.9 Å². The topological polar surface area (TPSA) is 55.4 Å². The van der Waals surface area contributed by atoms with E-state index in [1.165, 1.54) is 24.3 Å². The number of halogens is 1. The molecule has 2 rings (SSSR count). The monoisotopic (exact) mass is 291 g/mol. The minimum atomic E-state index is -0.589. The van der Waals surface area contributed by atoms with Crippen LogP contribution in [0, 0.1) is 5.82 Å². The Morgan fingerprint density at radius 1 is 1.19 bits per heavy atom. The predicted octanol–water partition coefficient (Wildman–Crippen LogP) is 3.20. The molecule has 0 aliphatic heterocycles. The number of carbonyl (C=O) groups excluding carboxylic acids is 2. The molecule has 1 aromatic carbocycles. The van der Waals surface area contributed by atoms with Gasteiger partial charge in [-0.15, -0.1) is 0 Å². The van der Waals surface area contributed by atoms with E-state index in [-0.39, 0.29) is 18.0 Å². The smallest absolute Gasteiger partial charge is 0.343 e. The van der Waals surface area contributed by atoms with Crippen molar-refractivity contribution in [2.45, 2.75) is 32.6 Å². The zero-order valence-electron chi connectivity index (χ0n) is 11.9. The number of ether oxygens (including phenoxy) is 1. The molecule has 0 radical (unpaired) electrons. The van der Waals surface area contributed by atoms with Crippen molar-refractivity contribution in [3.63, 3.8) is 0 Å². The molecule has 4 nitrogen and oxygen atoms in total. The molecule has 21 heavy (non-hydrogen) atoms. The molecule has 1 fully saturated rings. The van der Waals surface area contributed by atoms with Crippen LogP contribution in [-0.2, 0) is 14.3 Å². The van der Waals surface area contributed by atoms with Gasteiger partial charge in [-0.2, -0.15) is 0 Å². The Morgan fingerprint density at radius 2 is 1.81 bits per heavy atom. The van der Waals surface area contributed by atoms with Crippen LogP contribution < -0.4 is 5.32 Å². The molecule has 1 aromatic rings. The fourth-order valence-electron chi connectivity index (χ4n) is 2.38. The largest absolute Gasteiger partial charge is 0.462 e. The Bertz CT molecular complexity index is 555. The first-order chi connectivity index (χ1) is 10.1. The zero-order chi connectivity index (χ0) is 15.2. The van der Waals surface area contributed by atoms with Gasteiger partial charge in [0.25, 0.3) is 5.91 Å². The Morgan fingerprint density at radius 3 is 2.38 bits per heavy atom. The summed E-state index contributed by atoms with van der Waals surface area (Å²) in [5.41, 5.74) is 1.38. The van der Waals surface area contributed by atoms with Crippen molar-refractivity contribution in [2.24, 2.45) is 0 Å². The van der Waals surface area contributed by atoms with Gasteiger partial charge >= 0.3 is 5.97 Å². The predicted molar refractivity (Wildman–Crippen MR) is 77.2 cm³/mol. The summed E-state index contributed by atoms with van der Waals surface area (Å²) in [5, 5.41) is 2.62. The molecule has 5 heteroatoms. The van der Waals surface area contributed by atoms with E-state index in [0.717, 1.165) is 31.3 Å². The fourth-order valence-corrected chi connectivity index (χ4v) is 2.38. The standard InChI is InChI=1S/C16H18FNO3/c1-2-21-16(20)14(11-5-3-4-6-11)15(19)18-13-9-7-12(17)8-10-13/h7-10H,2-6H2,1H3,(H,18,19). The number of hydrogen-bond acceptors (Lipinski definition) is 3. The average molecular weight is 291 g/mol. The van der Waals surface area contributed by atoms with Gasteiger partial charge in [-0.05, 0) is 56.9 Å². The molecular formula is C16H18FNO3. The van der Waals surface area contributed by atoms with Crippen LogP contribution in [0.3, 0.4) is 0 Å². The summed E-state index contributed by atoms with van der Waals surface area (Å²) < 4.78 is 17.8. The quantitative estimate of drug-likeness (QED) is 0.401. The molecule has 0 bridgehead atoms. The highest BCUT2D eigenvalue weighted by molar-refractivity contribution is 6.21. The first-order valence-corrected chi connectivity index (χ1v) is 7.08. The molecule has 1 aliphatic rings. The number of nitrogens with one attached hydrogen (secondary N) is 1. The molecule has 0 unspecified atom stereocenters. The minimum absolute atomic E-state index is 0.0960. The zero-order valence-corrected chi connectivity index (χ0v) is 11.9. The van der Waals surface area contributed by atoms with E-state index in [9.17, 15) is 14.0 Å². The summed E-state index contributed by atoms with van der Waals surface area (Å²) in [7, 11) is 0. The van der Waals surface area contributed by atoms with Crippen LogP contribution in [0.1, 0.15) is 32.6 Å². The highest BCUT2D eigenvalue weighted by Crippen LogP contribution is 2.28. The second-order valence-corrected chi connectivity index (χ2v) is 4.87. The van der Waals surface area contributed by atoms with E-state index in [4.69, 9.17) is 4.74 Å². The summed E-state index contributed by atoms with van der Waals surface area (Å²) in [6.07, 6.45) is 3.43. The summed E-state index contributed by atoms with van der Waals surface area (Å²) in [5.74, 6) is -1.46. The van der Waals surface area contributed by atoms with Crippen LogP contribution in [-0.4, -0.2) is 18.5 Å². The maximum absolute atomic E-state index is 12.9. The lowest BCUT2D eigenvalue weighted by atomic mass is 10.1. The second-order valence-electron chi connectivity index (χ2n) is 4.87. The number of benzene rings is 1. The lowest BCUT2D eigenvalue weighted by Gasteiger charge is -2.11. The van der Waals surface area contributed by atoms with Gasteiger partial charge in [0, 0.05) is 5.69 Å². The number of esters is 1. The Hall–Kier alpha value is -2.17. The second kappa shape index (κ2) is 7.02. The summed E-state index contributed by atoms with van der Waals surface area (Å²) in [4.78, 5) is 24.4. The molecule has 0 atom stereocenters. The van der Waals surface area contributed by atoms with Crippen molar-refractivity contribution in [1.82, 2.24) is 0 Å². The number of amides is 1. The van der Waals surface area contributed by atoms with Crippen LogP contribution in [0.4, 0.5) is 10.1 Å². The van der Waals surface area contributed by atoms with Crippen LogP contribution >= 0.6 is 0 Å². The lowest BCUT2D eigenvalue weighted by molar-refractivity contribution is -0.139. The van der Waals surface area contributed by atoms with E-state index in [0.29, 0.717) is 5.69 Å². The lowest BCUT2D eigenvalue weighted by Crippen LogP contribution is -2.23. The average Bonchev–Trinajstić information content (AvgIpc) is 2.96. The first-order valence-electron chi connectivity index (χ1n) is 7.08. The maximum Gasteiger partial charge on any atom is 0.343 e. The molecule has 1 N–H and O–H groups in total. The molecule has 0 aromatic heterocycles. The van der Waals surface area contributed by atoms with E-state index in [1.54, 1.807) is 6.92 Å². The Balaban J connectivity index is 2.20. The van der Waals surface area contributed by atoms with Crippen molar-refractivity contribution in [3.8, 4) is 0 Å². The van der Waals surface area contributed by atoms with Gasteiger partial charge in [0.05, 0.1) is 6.61 Å². The van der Waals surface area contributed by atoms with Crippen molar-refractivity contribution >= 4 is 17.6 Å². The molecular weight excluding hydrogens is 273 g/mol. The first kappa shape index (κ1) is 15.2. The molecule has 0 spiro atoms. The van der Waals surface area contributed by atoms with Crippen LogP contribution in [0.2, 0.25) is 0 Å². The summed E-state index contributed by atoms with van der Waals surface area (Å²) >= 11 is 0. The van der Waals surface area contributed by atoms with Gasteiger partial charge in [0.15, 0.2) is 0 Å². The Labute approximate surface area is 123 Å². The van der Waals surface area contributed by atoms with Crippen LogP contribution in [0.25, 0.3) is 0 Å². The van der Waals surface area contributed by atoms with E-state index in [1.807, 2.05) is 0 Å². The van der Waals surface area contributed by atoms with Crippen molar-refractivity contribution in [2.75, 3.05) is 11.9 Å². The van der Waals surface area contributed by atoms with Gasteiger partial charge in [-0.1, -0.05) is 5.57 Å². The van der Waals surface area contributed by atoms with Gasteiger partial charge < -0.3 is 10.1 Å². The highest BCUT2D eigenvalue weighted by atomic mass is 19.1. The van der Waals surface area contributed by atoms with Crippen molar-refractivity contribution < 1.29 is 18.7 Å². The van der Waals surface area contributed by atoms with Gasteiger partial charge in [0.1, 0.15) is 11.4 Å². The van der Waals surface area contributed by atoms with Gasteiger partial charge in [-0.25, -0.2) is 9.18 Å². The van der Waals surface area contributed by atoms with Crippen molar-refractivity contribution in [3.05, 3.63) is 41.2 Å². The molecule has 1 amide bonds. The van der Waals surface area contributed by atoms with E-state index >= 15 is 0 Å². The van der Waals surface area contributed by atoms with E-state index in [2.05, 4.69) is 5.32 Å². The number of anilines is 1. The number of rotatable bonds is 4. The number of allylic oxidation sites excluding steroid dienone is 1. The highest BCUT2D eigenvalue weighted by Gasteiger charge is 2.26. The molecule has 1 aliphatic carbocycles. The molecule has 0 saturated heterocycles. The van der Waals surface area contributed by atoms with Gasteiger partial charge in [0.2, 0.25) is 0 Å². The molecule has 0 heterocycles. The molecule has 112 valence electrons. The SMILES string of the molecule is CCOC(=O)C(C(=O)Nc1ccc(F)cc1)=C1CCCC1. The van der Waals surface area contributed by atoms with Crippen molar-refractivity contribution in [1.29, 1.82) is 0 Å². The summed E-state index contributed by atoms with van der Waals surface area (Å²) in [6.45, 7) is 1.92. The minimum Gasteiger partial charge on any atom is -0.462 e. The fraction of sp³-hybridized carbons (Fsp3) is 0.375. The number of hydrogen-bond donors (Lipinski definition) is 1. The van der Waals surface area contributed by atoms with Crippen LogP contribution in [0.5, 0.6) is 0 Å². The number of carbonyl (C=O) groups is 2. The van der Waals surface area contributed by atoms with Gasteiger partial charge in [-0.3, -0.25) is 4.79 Å². The third-order valence-electron chi connectivity index (χ3n) is 3.37. The Kier molecular flexibility index (Phi) is 5.09. The third-order valence-corrected chi connectivity index (χ3v) is 3.37. The van der Waals surface area contributed by atoms with Crippen LogP contribution in [0.15, 0.2) is 35.4 Å². The summed E-state index contributed by atoms with van der Waals surface area (Å²) in [6, 6.07) is 5.41.